The molecular weight excluding hydrogens is 275 g/mol. The van der Waals surface area contributed by atoms with Crippen LogP contribution in [0.5, 0.6) is 0 Å². The fourth-order valence-electron chi connectivity index (χ4n) is 1.81. The number of hydrazine groups is 1. The Hall–Kier alpha value is -1.63. The first-order chi connectivity index (χ1) is 9.69. The van der Waals surface area contributed by atoms with Crippen LogP contribution in [0.4, 0.5) is 10.2 Å². The zero-order valence-electron chi connectivity index (χ0n) is 10.9. The molecule has 0 bridgehead atoms. The second-order valence-electron chi connectivity index (χ2n) is 4.38. The lowest BCUT2D eigenvalue weighted by atomic mass is 10.1. The number of thioether (sulfide) groups is 1. The summed E-state index contributed by atoms with van der Waals surface area (Å²) in [6, 6.07) is 10.3. The van der Waals surface area contributed by atoms with E-state index < -0.39 is 0 Å². The van der Waals surface area contributed by atoms with Gasteiger partial charge in [0.1, 0.15) is 11.6 Å². The molecule has 0 radical (unpaired) electrons. The molecule has 2 aromatic rings. The minimum atomic E-state index is -0.233. The van der Waals surface area contributed by atoms with E-state index in [2.05, 4.69) is 10.4 Å². The predicted octanol–water partition coefficient (Wildman–Crippen LogP) is 1.97. The van der Waals surface area contributed by atoms with E-state index in [1.165, 1.54) is 12.1 Å². The molecule has 0 aliphatic carbocycles. The molecule has 0 spiro atoms. The van der Waals surface area contributed by atoms with Crippen molar-refractivity contribution in [3.63, 3.8) is 0 Å². The van der Waals surface area contributed by atoms with Gasteiger partial charge in [-0.15, -0.1) is 11.8 Å². The van der Waals surface area contributed by atoms with E-state index in [0.717, 1.165) is 10.5 Å². The first-order valence-corrected chi connectivity index (χ1v) is 7.21. The topological polar surface area (TPSA) is 77.0 Å². The molecule has 0 fully saturated rings. The number of nitrogens with one attached hydrogen (secondary N) is 1. The number of halogens is 1. The van der Waals surface area contributed by atoms with Crippen molar-refractivity contribution in [2.45, 2.75) is 17.4 Å². The number of rotatable bonds is 6. The predicted molar refractivity (Wildman–Crippen MR) is 80.6 cm³/mol. The van der Waals surface area contributed by atoms with Gasteiger partial charge in [0.25, 0.3) is 0 Å². The Morgan fingerprint density at radius 1 is 1.30 bits per heavy atom. The number of nitrogen functional groups attached to an aromatic ring is 1. The molecule has 0 amide bonds. The molecule has 1 unspecified atom stereocenters. The van der Waals surface area contributed by atoms with Gasteiger partial charge in [-0.2, -0.15) is 0 Å². The molecule has 106 valence electrons. The number of benzene rings is 1. The smallest absolute Gasteiger partial charge is 0.126 e. The molecule has 0 aliphatic heterocycles. The Balaban J connectivity index is 1.94. The van der Waals surface area contributed by atoms with Gasteiger partial charge in [0.05, 0.1) is 0 Å². The Kier molecular flexibility index (Phi) is 5.34. The first-order valence-electron chi connectivity index (χ1n) is 6.23. The van der Waals surface area contributed by atoms with Crippen LogP contribution >= 0.6 is 11.8 Å². The molecule has 20 heavy (non-hydrogen) atoms. The van der Waals surface area contributed by atoms with E-state index in [-0.39, 0.29) is 11.9 Å². The van der Waals surface area contributed by atoms with Gasteiger partial charge in [0.2, 0.25) is 0 Å². The second-order valence-corrected chi connectivity index (χ2v) is 5.48. The molecule has 1 aromatic heterocycles. The van der Waals surface area contributed by atoms with E-state index in [4.69, 9.17) is 11.6 Å². The highest BCUT2D eigenvalue weighted by atomic mass is 32.2. The van der Waals surface area contributed by atoms with Crippen LogP contribution in [0.15, 0.2) is 47.5 Å². The second kappa shape index (κ2) is 7.23. The van der Waals surface area contributed by atoms with Crippen molar-refractivity contribution in [1.29, 1.82) is 0 Å². The molecule has 0 saturated heterocycles. The first kappa shape index (κ1) is 14.8. The van der Waals surface area contributed by atoms with Crippen molar-refractivity contribution in [2.75, 3.05) is 11.5 Å². The maximum Gasteiger partial charge on any atom is 0.126 e. The zero-order chi connectivity index (χ0) is 14.4. The molecule has 1 aromatic carbocycles. The number of nitrogens with two attached hydrogens (primary N) is 2. The maximum atomic E-state index is 13.1. The van der Waals surface area contributed by atoms with Crippen molar-refractivity contribution >= 4 is 17.6 Å². The molecule has 1 heterocycles. The highest BCUT2D eigenvalue weighted by Gasteiger charge is 2.11. The molecule has 1 atom stereocenters. The van der Waals surface area contributed by atoms with Crippen LogP contribution in [0.1, 0.15) is 5.56 Å². The number of pyridine rings is 1. The highest BCUT2D eigenvalue weighted by Crippen LogP contribution is 2.21. The van der Waals surface area contributed by atoms with Crippen molar-refractivity contribution < 1.29 is 4.39 Å². The van der Waals surface area contributed by atoms with Gasteiger partial charge in [0.15, 0.2) is 0 Å². The maximum absolute atomic E-state index is 13.1. The number of hydrogen-bond donors (Lipinski definition) is 3. The Morgan fingerprint density at radius 3 is 2.85 bits per heavy atom. The average molecular weight is 292 g/mol. The summed E-state index contributed by atoms with van der Waals surface area (Å²) in [6.45, 7) is 0. The van der Waals surface area contributed by atoms with E-state index in [9.17, 15) is 4.39 Å². The number of anilines is 1. The third kappa shape index (κ3) is 4.19. The van der Waals surface area contributed by atoms with Crippen molar-refractivity contribution in [2.24, 2.45) is 5.84 Å². The summed E-state index contributed by atoms with van der Waals surface area (Å²) in [4.78, 5) is 4.93. The minimum absolute atomic E-state index is 0.0368. The fraction of sp³-hybridized carbons (Fsp3) is 0.214. The van der Waals surface area contributed by atoms with E-state index in [1.807, 2.05) is 18.2 Å². The van der Waals surface area contributed by atoms with E-state index in [0.29, 0.717) is 18.0 Å². The van der Waals surface area contributed by atoms with E-state index in [1.54, 1.807) is 24.0 Å². The summed E-state index contributed by atoms with van der Waals surface area (Å²) in [6.07, 6.45) is 2.34. The van der Waals surface area contributed by atoms with Gasteiger partial charge in [0, 0.05) is 22.9 Å². The third-order valence-electron chi connectivity index (χ3n) is 2.88. The summed E-state index contributed by atoms with van der Waals surface area (Å²) in [7, 11) is 0. The van der Waals surface area contributed by atoms with Gasteiger partial charge in [-0.05, 0) is 36.2 Å². The number of nitrogens with zero attached hydrogens (tertiary/aromatic N) is 1. The standard InChI is InChI=1S/C14H17FN4S/c15-11-4-1-5-13(8-11)20-9-12(19-17)7-10-3-2-6-18-14(10)16/h1-6,8,12,19H,7,9,17H2,(H2,16,18). The van der Waals surface area contributed by atoms with Crippen LogP contribution in [-0.4, -0.2) is 16.8 Å². The van der Waals surface area contributed by atoms with Gasteiger partial charge in [-0.3, -0.25) is 11.3 Å². The molecule has 2 rings (SSSR count). The Morgan fingerprint density at radius 2 is 2.15 bits per heavy atom. The van der Waals surface area contributed by atoms with Crippen molar-refractivity contribution in [3.05, 3.63) is 54.0 Å². The summed E-state index contributed by atoms with van der Waals surface area (Å²) in [5.74, 6) is 6.57. The molecule has 0 aliphatic rings. The zero-order valence-corrected chi connectivity index (χ0v) is 11.7. The summed E-state index contributed by atoms with van der Waals surface area (Å²) in [5.41, 5.74) is 9.53. The average Bonchev–Trinajstić information content (AvgIpc) is 2.45. The summed E-state index contributed by atoms with van der Waals surface area (Å²) >= 11 is 1.55. The van der Waals surface area contributed by atoms with Crippen LogP contribution in [0.2, 0.25) is 0 Å². The Bertz CT molecular complexity index is 564. The summed E-state index contributed by atoms with van der Waals surface area (Å²) < 4.78 is 13.1. The van der Waals surface area contributed by atoms with E-state index >= 15 is 0 Å². The van der Waals surface area contributed by atoms with Crippen LogP contribution < -0.4 is 17.0 Å². The van der Waals surface area contributed by atoms with Crippen molar-refractivity contribution in [1.82, 2.24) is 10.4 Å². The molecule has 4 nitrogen and oxygen atoms in total. The van der Waals surface area contributed by atoms with Crippen molar-refractivity contribution in [3.8, 4) is 0 Å². The SMILES string of the molecule is NNC(CSc1cccc(F)c1)Cc1cccnc1N. The van der Waals surface area contributed by atoms with Crippen LogP contribution in [0.25, 0.3) is 0 Å². The lowest BCUT2D eigenvalue weighted by Crippen LogP contribution is -2.38. The summed E-state index contributed by atoms with van der Waals surface area (Å²) in [5, 5.41) is 0. The third-order valence-corrected chi connectivity index (χ3v) is 4.03. The molecular formula is C14H17FN4S. The number of hydrogen-bond acceptors (Lipinski definition) is 5. The molecule has 0 saturated carbocycles. The number of aromatic nitrogens is 1. The van der Waals surface area contributed by atoms with Gasteiger partial charge in [-0.25, -0.2) is 9.37 Å². The normalized spacial score (nSPS) is 12.3. The van der Waals surface area contributed by atoms with Gasteiger partial charge in [-0.1, -0.05) is 12.1 Å². The lowest BCUT2D eigenvalue weighted by Gasteiger charge is -2.16. The minimum Gasteiger partial charge on any atom is -0.383 e. The van der Waals surface area contributed by atoms with Crippen LogP contribution in [-0.2, 0) is 6.42 Å². The molecule has 6 heteroatoms. The largest absolute Gasteiger partial charge is 0.383 e. The molecule has 5 N–H and O–H groups in total. The van der Waals surface area contributed by atoms with Crippen LogP contribution in [0.3, 0.4) is 0 Å². The highest BCUT2D eigenvalue weighted by molar-refractivity contribution is 7.99. The van der Waals surface area contributed by atoms with Gasteiger partial charge >= 0.3 is 0 Å². The quantitative estimate of drug-likeness (QED) is 0.431. The fourth-order valence-corrected chi connectivity index (χ4v) is 2.79. The van der Waals surface area contributed by atoms with Gasteiger partial charge < -0.3 is 5.73 Å². The monoisotopic (exact) mass is 292 g/mol. The lowest BCUT2D eigenvalue weighted by molar-refractivity contribution is 0.575. The Labute approximate surface area is 121 Å². The van der Waals surface area contributed by atoms with Crippen LogP contribution in [0, 0.1) is 5.82 Å².